The van der Waals surface area contributed by atoms with Gasteiger partial charge in [0.2, 0.25) is 0 Å². The second-order valence-corrected chi connectivity index (χ2v) is 8.19. The molecule has 1 aliphatic rings. The third-order valence-electron chi connectivity index (χ3n) is 4.19. The molecule has 27 heavy (non-hydrogen) atoms. The van der Waals surface area contributed by atoms with E-state index in [1.807, 2.05) is 0 Å². The number of carbonyl (C=O) groups excluding carboxylic acids is 2. The van der Waals surface area contributed by atoms with E-state index in [1.54, 1.807) is 24.4 Å². The molecule has 0 aliphatic heterocycles. The van der Waals surface area contributed by atoms with Crippen LogP contribution >= 0.6 is 46.1 Å². The number of phenolic OH excluding ortho intramolecular Hbond substituents is 1. The lowest BCUT2D eigenvalue weighted by Crippen LogP contribution is -2.23. The fourth-order valence-electron chi connectivity index (χ4n) is 2.98. The van der Waals surface area contributed by atoms with Crippen molar-refractivity contribution in [1.29, 1.82) is 0 Å². The van der Waals surface area contributed by atoms with Crippen LogP contribution in [-0.2, 0) is 6.54 Å². The molecule has 0 bridgehead atoms. The average molecular weight is 440 g/mol. The zero-order valence-corrected chi connectivity index (χ0v) is 16.4. The van der Waals surface area contributed by atoms with Gasteiger partial charge in [-0.05, 0) is 0 Å². The molecule has 0 atom stereocenters. The van der Waals surface area contributed by atoms with E-state index >= 15 is 0 Å². The highest BCUT2D eigenvalue weighted by Crippen LogP contribution is 2.47. The van der Waals surface area contributed by atoms with Gasteiger partial charge in [0.15, 0.2) is 16.0 Å². The van der Waals surface area contributed by atoms with Crippen LogP contribution in [0.25, 0.3) is 0 Å². The van der Waals surface area contributed by atoms with Crippen molar-refractivity contribution in [1.82, 2.24) is 4.98 Å². The first-order valence-corrected chi connectivity index (χ1v) is 9.61. The Balaban J connectivity index is 1.89. The van der Waals surface area contributed by atoms with Crippen LogP contribution in [0.15, 0.2) is 30.5 Å². The minimum absolute atomic E-state index is 0.00112. The molecule has 1 aliphatic carbocycles. The van der Waals surface area contributed by atoms with Gasteiger partial charge in [-0.25, -0.2) is 4.98 Å². The maximum Gasteiger partial charge on any atom is 0.198 e. The van der Waals surface area contributed by atoms with Crippen molar-refractivity contribution in [3.8, 4) is 5.75 Å². The van der Waals surface area contributed by atoms with Crippen molar-refractivity contribution >= 4 is 63.4 Å². The number of anilines is 1. The van der Waals surface area contributed by atoms with E-state index in [-0.39, 0.29) is 44.5 Å². The molecule has 3 aromatic rings. The zero-order valence-electron chi connectivity index (χ0n) is 13.3. The fraction of sp³-hybridized carbons (Fsp3) is 0.0556. The number of aromatic hydroxyl groups is 1. The minimum Gasteiger partial charge on any atom is -0.506 e. The third-order valence-corrected chi connectivity index (χ3v) is 6.15. The average Bonchev–Trinajstić information content (AvgIpc) is 3.08. The Kier molecular flexibility index (Phi) is 4.60. The van der Waals surface area contributed by atoms with Crippen LogP contribution in [0.2, 0.25) is 14.5 Å². The number of nitrogens with one attached hydrogen (secondary N) is 1. The molecular weight excluding hydrogens is 431 g/mol. The Bertz CT molecular complexity index is 1130. The summed E-state index contributed by atoms with van der Waals surface area (Å²) >= 11 is 19.5. The normalized spacial score (nSPS) is 12.7. The van der Waals surface area contributed by atoms with Gasteiger partial charge in [-0.2, -0.15) is 0 Å². The van der Waals surface area contributed by atoms with E-state index < -0.39 is 17.3 Å². The molecule has 5 nitrogen and oxygen atoms in total. The van der Waals surface area contributed by atoms with E-state index in [2.05, 4.69) is 10.3 Å². The zero-order chi connectivity index (χ0) is 19.3. The molecule has 0 fully saturated rings. The van der Waals surface area contributed by atoms with Crippen LogP contribution < -0.4 is 5.32 Å². The van der Waals surface area contributed by atoms with Crippen molar-refractivity contribution in [3.63, 3.8) is 0 Å². The highest BCUT2D eigenvalue weighted by molar-refractivity contribution is 7.15. The molecule has 0 radical (unpaired) electrons. The molecule has 0 saturated heterocycles. The number of hydrogen-bond donors (Lipinski definition) is 2. The van der Waals surface area contributed by atoms with E-state index in [0.717, 1.165) is 4.88 Å². The molecule has 2 N–H and O–H groups in total. The lowest BCUT2D eigenvalue weighted by atomic mass is 9.82. The number of fused-ring (bicyclic) bond motifs is 2. The van der Waals surface area contributed by atoms with Crippen LogP contribution in [-0.4, -0.2) is 21.7 Å². The monoisotopic (exact) mass is 438 g/mol. The number of hydrogen-bond acceptors (Lipinski definition) is 6. The van der Waals surface area contributed by atoms with E-state index in [9.17, 15) is 14.7 Å². The lowest BCUT2D eigenvalue weighted by Gasteiger charge is -2.23. The van der Waals surface area contributed by atoms with Crippen LogP contribution in [0.4, 0.5) is 5.69 Å². The predicted octanol–water partition coefficient (Wildman–Crippen LogP) is 5.20. The van der Waals surface area contributed by atoms with Gasteiger partial charge in [-0.1, -0.05) is 59.1 Å². The highest BCUT2D eigenvalue weighted by atomic mass is 35.5. The van der Waals surface area contributed by atoms with Crippen molar-refractivity contribution in [3.05, 3.63) is 72.1 Å². The molecule has 136 valence electrons. The first-order valence-electron chi connectivity index (χ1n) is 7.66. The standard InChI is InChI=1S/C18H9Cl3N2O3S/c19-12-13(20)17(26)11-10(14(12)22-5-7-6-23-18(21)27-7)15(24)8-3-1-2-4-9(8)16(11)25/h1-4,6,22,26H,5H2. The molecule has 0 saturated carbocycles. The Morgan fingerprint density at radius 3 is 2.22 bits per heavy atom. The van der Waals surface area contributed by atoms with Crippen molar-refractivity contribution in [2.45, 2.75) is 6.54 Å². The van der Waals surface area contributed by atoms with Gasteiger partial charge in [-0.15, -0.1) is 11.3 Å². The smallest absolute Gasteiger partial charge is 0.198 e. The highest BCUT2D eigenvalue weighted by Gasteiger charge is 2.37. The first kappa shape index (κ1) is 18.3. The van der Waals surface area contributed by atoms with Crippen molar-refractivity contribution < 1.29 is 14.7 Å². The van der Waals surface area contributed by atoms with Crippen LogP contribution in [0.1, 0.15) is 36.7 Å². The van der Waals surface area contributed by atoms with E-state index in [0.29, 0.717) is 4.47 Å². The van der Waals surface area contributed by atoms with Crippen LogP contribution in [0.5, 0.6) is 5.75 Å². The Hall–Kier alpha value is -2.12. The minimum atomic E-state index is -0.504. The summed E-state index contributed by atoms with van der Waals surface area (Å²) in [6.07, 6.45) is 1.59. The topological polar surface area (TPSA) is 79.3 Å². The molecule has 1 aromatic heterocycles. The molecule has 0 unspecified atom stereocenters. The molecule has 9 heteroatoms. The van der Waals surface area contributed by atoms with Gasteiger partial charge in [-0.3, -0.25) is 9.59 Å². The van der Waals surface area contributed by atoms with Crippen molar-refractivity contribution in [2.75, 3.05) is 5.32 Å². The summed E-state index contributed by atoms with van der Waals surface area (Å²) in [6, 6.07) is 6.41. The van der Waals surface area contributed by atoms with Gasteiger partial charge in [0, 0.05) is 22.2 Å². The van der Waals surface area contributed by atoms with Gasteiger partial charge in [0.05, 0.1) is 28.4 Å². The summed E-state index contributed by atoms with van der Waals surface area (Å²) in [5, 5.41) is 13.2. The van der Waals surface area contributed by atoms with Crippen LogP contribution in [0, 0.1) is 0 Å². The number of aromatic nitrogens is 1. The summed E-state index contributed by atoms with van der Waals surface area (Å²) in [5.41, 5.74) is 0.492. The summed E-state index contributed by atoms with van der Waals surface area (Å²) < 4.78 is 0.379. The SMILES string of the molecule is O=C1c2ccccc2C(=O)c2c(NCc3cnc(Cl)s3)c(Cl)c(Cl)c(O)c21. The molecule has 0 spiro atoms. The fourth-order valence-corrected chi connectivity index (χ4v) is 4.34. The summed E-state index contributed by atoms with van der Waals surface area (Å²) in [5.74, 6) is -1.41. The van der Waals surface area contributed by atoms with Crippen LogP contribution in [0.3, 0.4) is 0 Å². The Morgan fingerprint density at radius 1 is 1.00 bits per heavy atom. The second kappa shape index (κ2) is 6.80. The number of phenols is 1. The largest absolute Gasteiger partial charge is 0.506 e. The molecule has 1 heterocycles. The third kappa shape index (κ3) is 2.89. The summed E-state index contributed by atoms with van der Waals surface area (Å²) in [6.45, 7) is 0.265. The molecule has 2 aromatic carbocycles. The predicted molar refractivity (Wildman–Crippen MR) is 106 cm³/mol. The number of nitrogens with zero attached hydrogens (tertiary/aromatic N) is 1. The van der Waals surface area contributed by atoms with Crippen molar-refractivity contribution in [2.24, 2.45) is 0 Å². The number of rotatable bonds is 3. The maximum atomic E-state index is 13.1. The quantitative estimate of drug-likeness (QED) is 0.429. The molecule has 0 amide bonds. The van der Waals surface area contributed by atoms with Gasteiger partial charge in [0.25, 0.3) is 0 Å². The number of carbonyl (C=O) groups is 2. The Morgan fingerprint density at radius 2 is 1.63 bits per heavy atom. The van der Waals surface area contributed by atoms with Gasteiger partial charge < -0.3 is 10.4 Å². The van der Waals surface area contributed by atoms with E-state index in [4.69, 9.17) is 34.8 Å². The Labute approximate surface area is 172 Å². The van der Waals surface area contributed by atoms with Gasteiger partial charge >= 0.3 is 0 Å². The molecular formula is C18H9Cl3N2O3S. The lowest BCUT2D eigenvalue weighted by molar-refractivity contribution is 0.0977. The number of benzene rings is 2. The van der Waals surface area contributed by atoms with E-state index in [1.165, 1.54) is 17.4 Å². The number of thiazole rings is 1. The number of ketones is 2. The summed E-state index contributed by atoms with van der Waals surface area (Å²) in [7, 11) is 0. The number of halogens is 3. The first-order chi connectivity index (χ1) is 12.9. The molecule has 4 rings (SSSR count). The van der Waals surface area contributed by atoms with Gasteiger partial charge in [0.1, 0.15) is 10.8 Å². The maximum absolute atomic E-state index is 13.1. The summed E-state index contributed by atoms with van der Waals surface area (Å²) in [4.78, 5) is 30.7. The second-order valence-electron chi connectivity index (χ2n) is 5.74.